The number of aromatic nitrogens is 1. The second-order valence-corrected chi connectivity index (χ2v) is 3.99. The first-order valence-corrected chi connectivity index (χ1v) is 5.57. The standard InChI is InChI=1S/C11H10N2O2S/c1-8-7-16-11(12-8)13-10(14)5-4-9-3-2-6-15-9/h2-7H,1H3,(H,12,13,14)/b5-4-. The lowest BCUT2D eigenvalue weighted by atomic mass is 10.4. The lowest BCUT2D eigenvalue weighted by Crippen LogP contribution is -2.07. The number of amides is 1. The molecule has 0 spiro atoms. The molecule has 0 aliphatic heterocycles. The van der Waals surface area contributed by atoms with Gasteiger partial charge in [0.1, 0.15) is 5.76 Å². The fraction of sp³-hybridized carbons (Fsp3) is 0.0909. The molecule has 5 heteroatoms. The molecule has 1 N–H and O–H groups in total. The Kier molecular flexibility index (Phi) is 3.16. The number of nitrogens with zero attached hydrogens (tertiary/aromatic N) is 1. The van der Waals surface area contributed by atoms with Gasteiger partial charge in [-0.2, -0.15) is 0 Å². The molecule has 0 atom stereocenters. The van der Waals surface area contributed by atoms with E-state index >= 15 is 0 Å². The van der Waals surface area contributed by atoms with Crippen LogP contribution in [0, 0.1) is 6.92 Å². The van der Waals surface area contributed by atoms with Gasteiger partial charge in [-0.1, -0.05) is 0 Å². The molecule has 4 nitrogen and oxygen atoms in total. The Morgan fingerprint density at radius 3 is 3.12 bits per heavy atom. The molecule has 0 radical (unpaired) electrons. The molecule has 2 aromatic rings. The lowest BCUT2D eigenvalue weighted by Gasteiger charge is -1.94. The molecule has 2 rings (SSSR count). The van der Waals surface area contributed by atoms with Gasteiger partial charge in [-0.25, -0.2) is 4.98 Å². The van der Waals surface area contributed by atoms with Crippen molar-refractivity contribution >= 4 is 28.5 Å². The Hall–Kier alpha value is -1.88. The maximum Gasteiger partial charge on any atom is 0.250 e. The van der Waals surface area contributed by atoms with Gasteiger partial charge in [0.15, 0.2) is 5.13 Å². The van der Waals surface area contributed by atoms with Gasteiger partial charge < -0.3 is 4.42 Å². The Labute approximate surface area is 96.6 Å². The van der Waals surface area contributed by atoms with Crippen LogP contribution in [0.1, 0.15) is 11.5 Å². The molecule has 0 unspecified atom stereocenters. The van der Waals surface area contributed by atoms with E-state index in [1.807, 2.05) is 12.3 Å². The van der Waals surface area contributed by atoms with Crippen molar-refractivity contribution in [3.8, 4) is 0 Å². The highest BCUT2D eigenvalue weighted by Crippen LogP contribution is 2.14. The first-order valence-electron chi connectivity index (χ1n) is 4.69. The van der Waals surface area contributed by atoms with E-state index in [4.69, 9.17) is 4.42 Å². The van der Waals surface area contributed by atoms with E-state index in [2.05, 4.69) is 10.3 Å². The number of carbonyl (C=O) groups excluding carboxylic acids is 1. The van der Waals surface area contributed by atoms with Gasteiger partial charge in [0.05, 0.1) is 12.0 Å². The van der Waals surface area contributed by atoms with Crippen LogP contribution in [-0.2, 0) is 4.79 Å². The minimum atomic E-state index is -0.217. The molecule has 2 heterocycles. The van der Waals surface area contributed by atoms with E-state index in [0.29, 0.717) is 10.9 Å². The fourth-order valence-electron chi connectivity index (χ4n) is 1.10. The van der Waals surface area contributed by atoms with Crippen LogP contribution in [0.3, 0.4) is 0 Å². The highest BCUT2D eigenvalue weighted by atomic mass is 32.1. The summed E-state index contributed by atoms with van der Waals surface area (Å²) in [5.41, 5.74) is 0.898. The number of anilines is 1. The van der Waals surface area contributed by atoms with Crippen LogP contribution in [0.15, 0.2) is 34.3 Å². The molecule has 16 heavy (non-hydrogen) atoms. The summed E-state index contributed by atoms with van der Waals surface area (Å²) in [6.07, 6.45) is 4.58. The van der Waals surface area contributed by atoms with E-state index in [-0.39, 0.29) is 5.91 Å². The minimum Gasteiger partial charge on any atom is -0.465 e. The summed E-state index contributed by atoms with van der Waals surface area (Å²) in [5.74, 6) is 0.427. The third kappa shape index (κ3) is 2.80. The van der Waals surface area contributed by atoms with Crippen molar-refractivity contribution in [3.05, 3.63) is 41.3 Å². The van der Waals surface area contributed by atoms with Gasteiger partial charge in [-0.3, -0.25) is 10.1 Å². The zero-order chi connectivity index (χ0) is 11.4. The first-order chi connectivity index (χ1) is 7.74. The Bertz CT molecular complexity index is 500. The molecule has 0 bridgehead atoms. The van der Waals surface area contributed by atoms with Crippen molar-refractivity contribution in [2.45, 2.75) is 6.92 Å². The number of nitrogens with one attached hydrogen (secondary N) is 1. The highest BCUT2D eigenvalue weighted by Gasteiger charge is 2.01. The van der Waals surface area contributed by atoms with E-state index in [1.165, 1.54) is 17.4 Å². The quantitative estimate of drug-likeness (QED) is 0.831. The van der Waals surface area contributed by atoms with Crippen LogP contribution in [0.25, 0.3) is 6.08 Å². The van der Waals surface area contributed by atoms with Crippen LogP contribution in [0.5, 0.6) is 0 Å². The first kappa shape index (κ1) is 10.6. The third-order valence-electron chi connectivity index (χ3n) is 1.79. The molecular formula is C11H10N2O2S. The summed E-state index contributed by atoms with van der Waals surface area (Å²) in [5, 5.41) is 5.15. The molecule has 0 saturated carbocycles. The predicted molar refractivity (Wildman–Crippen MR) is 63.2 cm³/mol. The molecule has 0 fully saturated rings. The van der Waals surface area contributed by atoms with Crippen molar-refractivity contribution in [2.24, 2.45) is 0 Å². The second-order valence-electron chi connectivity index (χ2n) is 3.13. The lowest BCUT2D eigenvalue weighted by molar-refractivity contribution is -0.111. The Morgan fingerprint density at radius 2 is 2.50 bits per heavy atom. The fourth-order valence-corrected chi connectivity index (χ4v) is 1.79. The molecule has 0 aliphatic carbocycles. The molecule has 0 aliphatic rings. The van der Waals surface area contributed by atoms with Crippen LogP contribution < -0.4 is 5.32 Å². The van der Waals surface area contributed by atoms with Gasteiger partial charge in [-0.15, -0.1) is 11.3 Å². The van der Waals surface area contributed by atoms with Gasteiger partial charge >= 0.3 is 0 Å². The molecule has 0 saturated heterocycles. The molecular weight excluding hydrogens is 224 g/mol. The predicted octanol–water partition coefficient (Wildman–Crippen LogP) is 2.70. The summed E-state index contributed by atoms with van der Waals surface area (Å²) in [6, 6.07) is 3.54. The summed E-state index contributed by atoms with van der Waals surface area (Å²) < 4.78 is 5.06. The van der Waals surface area contributed by atoms with Crippen molar-refractivity contribution in [2.75, 3.05) is 5.32 Å². The van der Waals surface area contributed by atoms with Gasteiger partial charge in [0.25, 0.3) is 0 Å². The Morgan fingerprint density at radius 1 is 1.62 bits per heavy atom. The highest BCUT2D eigenvalue weighted by molar-refractivity contribution is 7.13. The number of hydrogen-bond donors (Lipinski definition) is 1. The monoisotopic (exact) mass is 234 g/mol. The van der Waals surface area contributed by atoms with Crippen molar-refractivity contribution < 1.29 is 9.21 Å². The minimum absolute atomic E-state index is 0.217. The molecule has 1 amide bonds. The van der Waals surface area contributed by atoms with Crippen LogP contribution in [0.2, 0.25) is 0 Å². The number of furan rings is 1. The van der Waals surface area contributed by atoms with Crippen molar-refractivity contribution in [1.29, 1.82) is 0 Å². The third-order valence-corrected chi connectivity index (χ3v) is 2.67. The van der Waals surface area contributed by atoms with Gasteiger partial charge in [-0.05, 0) is 25.1 Å². The van der Waals surface area contributed by atoms with Crippen LogP contribution >= 0.6 is 11.3 Å². The van der Waals surface area contributed by atoms with Crippen molar-refractivity contribution in [3.63, 3.8) is 0 Å². The SMILES string of the molecule is Cc1csc(NC(=O)/C=C\c2ccco2)n1. The maximum absolute atomic E-state index is 11.4. The van der Waals surface area contributed by atoms with E-state index in [1.54, 1.807) is 24.5 Å². The number of carbonyl (C=O) groups is 1. The van der Waals surface area contributed by atoms with Crippen molar-refractivity contribution in [1.82, 2.24) is 4.98 Å². The number of aryl methyl sites for hydroxylation is 1. The van der Waals surface area contributed by atoms with E-state index in [9.17, 15) is 4.79 Å². The second kappa shape index (κ2) is 4.76. The zero-order valence-electron chi connectivity index (χ0n) is 8.64. The molecule has 2 aromatic heterocycles. The molecule has 0 aromatic carbocycles. The van der Waals surface area contributed by atoms with E-state index in [0.717, 1.165) is 5.69 Å². The summed E-state index contributed by atoms with van der Waals surface area (Å²) in [6.45, 7) is 1.88. The van der Waals surface area contributed by atoms with Gasteiger partial charge in [0, 0.05) is 11.5 Å². The normalized spacial score (nSPS) is 10.8. The maximum atomic E-state index is 11.4. The summed E-state index contributed by atoms with van der Waals surface area (Å²) in [4.78, 5) is 15.6. The largest absolute Gasteiger partial charge is 0.465 e. The smallest absolute Gasteiger partial charge is 0.250 e. The van der Waals surface area contributed by atoms with Crippen LogP contribution in [-0.4, -0.2) is 10.9 Å². The summed E-state index contributed by atoms with van der Waals surface area (Å²) in [7, 11) is 0. The van der Waals surface area contributed by atoms with E-state index < -0.39 is 0 Å². The average molecular weight is 234 g/mol. The summed E-state index contributed by atoms with van der Waals surface area (Å²) >= 11 is 1.40. The zero-order valence-corrected chi connectivity index (χ0v) is 9.45. The molecule has 82 valence electrons. The topological polar surface area (TPSA) is 55.1 Å². The average Bonchev–Trinajstić information content (AvgIpc) is 2.87. The number of hydrogen-bond acceptors (Lipinski definition) is 4. The Balaban J connectivity index is 1.94. The number of thiazole rings is 1. The number of rotatable bonds is 3. The van der Waals surface area contributed by atoms with Crippen LogP contribution in [0.4, 0.5) is 5.13 Å². The van der Waals surface area contributed by atoms with Gasteiger partial charge in [0.2, 0.25) is 5.91 Å².